The summed E-state index contributed by atoms with van der Waals surface area (Å²) < 4.78 is 68.7. The second kappa shape index (κ2) is 8.83. The highest BCUT2D eigenvalue weighted by molar-refractivity contribution is 7.89. The lowest BCUT2D eigenvalue weighted by Gasteiger charge is -2.12. The van der Waals surface area contributed by atoms with Gasteiger partial charge in [0.1, 0.15) is 0 Å². The van der Waals surface area contributed by atoms with E-state index in [1.807, 2.05) is 0 Å². The molecule has 0 amide bonds. The number of ether oxygens (including phenoxy) is 1. The van der Waals surface area contributed by atoms with Gasteiger partial charge in [0.25, 0.3) is 0 Å². The molecule has 3 rings (SSSR count). The molecule has 0 aliphatic rings. The van der Waals surface area contributed by atoms with Gasteiger partial charge in [0, 0.05) is 22.6 Å². The van der Waals surface area contributed by atoms with E-state index in [-0.39, 0.29) is 10.5 Å². The maximum Gasteiger partial charge on any atom is 0.417 e. The Morgan fingerprint density at radius 2 is 1.61 bits per heavy atom. The van der Waals surface area contributed by atoms with Gasteiger partial charge < -0.3 is 9.30 Å². The molecule has 0 radical (unpaired) electrons. The fraction of sp³-hybridized carbons (Fsp3) is 0.182. The lowest BCUT2D eigenvalue weighted by atomic mass is 10.1. The van der Waals surface area contributed by atoms with E-state index in [2.05, 4.69) is 0 Å². The Balaban J connectivity index is 1.81. The summed E-state index contributed by atoms with van der Waals surface area (Å²) in [4.78, 5) is 24.8. The topological polar surface area (TPSA) is 108 Å². The van der Waals surface area contributed by atoms with Gasteiger partial charge in [-0.05, 0) is 56.3 Å². The van der Waals surface area contributed by atoms with E-state index in [1.54, 1.807) is 24.5 Å². The number of halogens is 3. The molecule has 7 nitrogen and oxygen atoms in total. The van der Waals surface area contributed by atoms with Crippen LogP contribution in [-0.4, -0.2) is 31.3 Å². The molecule has 1 aromatic heterocycles. The number of nitrogens with zero attached hydrogens (tertiary/aromatic N) is 1. The number of rotatable bonds is 6. The molecule has 33 heavy (non-hydrogen) atoms. The number of nitrogens with two attached hydrogens (primary N) is 1. The smallest absolute Gasteiger partial charge is 0.417 e. The van der Waals surface area contributed by atoms with Crippen LogP contribution in [0.1, 0.15) is 37.7 Å². The molecule has 174 valence electrons. The number of esters is 1. The van der Waals surface area contributed by atoms with Crippen LogP contribution in [0.4, 0.5) is 13.2 Å². The highest BCUT2D eigenvalue weighted by atomic mass is 32.2. The number of carbonyl (C=O) groups excluding carboxylic acids is 2. The number of ketones is 1. The van der Waals surface area contributed by atoms with Crippen LogP contribution in [0.15, 0.2) is 59.5 Å². The number of Topliss-reactive ketones (excluding diaryl/α,β-unsaturated/α-hetero) is 1. The number of benzene rings is 2. The standard InChI is InChI=1S/C22H19F3N2O5S/c1-13-11-18(14(2)27(13)15-7-9-16(10-8-15)33(26,30)31)20(28)12-32-21(29)17-5-3-4-6-19(17)22(23,24)25/h3-11H,12H2,1-2H3,(H2,26,30,31). The molecule has 3 aromatic rings. The van der Waals surface area contributed by atoms with Crippen molar-refractivity contribution in [3.05, 3.63) is 82.7 Å². The van der Waals surface area contributed by atoms with E-state index < -0.39 is 45.7 Å². The number of hydrogen-bond donors (Lipinski definition) is 1. The summed E-state index contributed by atoms with van der Waals surface area (Å²) in [7, 11) is -3.86. The first-order chi connectivity index (χ1) is 15.3. The van der Waals surface area contributed by atoms with Gasteiger partial charge in [-0.15, -0.1) is 0 Å². The van der Waals surface area contributed by atoms with E-state index in [4.69, 9.17) is 9.88 Å². The second-order valence-electron chi connectivity index (χ2n) is 7.20. The van der Waals surface area contributed by atoms with Gasteiger partial charge in [0.2, 0.25) is 15.8 Å². The van der Waals surface area contributed by atoms with Crippen LogP contribution in [0.3, 0.4) is 0 Å². The Hall–Kier alpha value is -3.44. The number of hydrogen-bond acceptors (Lipinski definition) is 5. The molecule has 0 bridgehead atoms. The molecule has 2 N–H and O–H groups in total. The minimum atomic E-state index is -4.75. The molecule has 0 aliphatic heterocycles. The summed E-state index contributed by atoms with van der Waals surface area (Å²) in [5.41, 5.74) is 0.0507. The quantitative estimate of drug-likeness (QED) is 0.427. The third-order valence-corrected chi connectivity index (χ3v) is 5.87. The van der Waals surface area contributed by atoms with Crippen molar-refractivity contribution in [2.75, 3.05) is 6.61 Å². The summed E-state index contributed by atoms with van der Waals surface area (Å²) in [6.07, 6.45) is -4.75. The molecule has 1 heterocycles. The van der Waals surface area contributed by atoms with Crippen LogP contribution < -0.4 is 5.14 Å². The van der Waals surface area contributed by atoms with E-state index in [1.165, 1.54) is 30.3 Å². The Bertz CT molecular complexity index is 1330. The zero-order valence-electron chi connectivity index (χ0n) is 17.5. The van der Waals surface area contributed by atoms with Gasteiger partial charge in [-0.25, -0.2) is 18.4 Å². The van der Waals surface area contributed by atoms with E-state index >= 15 is 0 Å². The average Bonchev–Trinajstić information content (AvgIpc) is 3.04. The summed E-state index contributed by atoms with van der Waals surface area (Å²) in [5, 5.41) is 5.10. The lowest BCUT2D eigenvalue weighted by Crippen LogP contribution is -2.18. The van der Waals surface area contributed by atoms with Gasteiger partial charge in [-0.1, -0.05) is 12.1 Å². The van der Waals surface area contributed by atoms with Crippen molar-refractivity contribution < 1.29 is 35.9 Å². The zero-order chi connectivity index (χ0) is 24.6. The van der Waals surface area contributed by atoms with E-state index in [0.717, 1.165) is 18.2 Å². The average molecular weight is 480 g/mol. The number of primary sulfonamides is 1. The molecule has 11 heteroatoms. The van der Waals surface area contributed by atoms with Crippen molar-refractivity contribution in [3.8, 4) is 5.69 Å². The predicted molar refractivity (Wildman–Crippen MR) is 113 cm³/mol. The largest absolute Gasteiger partial charge is 0.454 e. The molecule has 0 atom stereocenters. The van der Waals surface area contributed by atoms with Crippen molar-refractivity contribution in [1.82, 2.24) is 4.57 Å². The highest BCUT2D eigenvalue weighted by Crippen LogP contribution is 2.32. The number of sulfonamides is 1. The first kappa shape index (κ1) is 24.2. The van der Waals surface area contributed by atoms with Crippen molar-refractivity contribution in [2.45, 2.75) is 24.9 Å². The predicted octanol–water partition coefficient (Wildman–Crippen LogP) is 3.80. The monoisotopic (exact) mass is 480 g/mol. The first-order valence-electron chi connectivity index (χ1n) is 9.49. The summed E-state index contributed by atoms with van der Waals surface area (Å²) in [6, 6.07) is 11.4. The van der Waals surface area contributed by atoms with Crippen LogP contribution in [0.2, 0.25) is 0 Å². The fourth-order valence-electron chi connectivity index (χ4n) is 3.42. The minimum Gasteiger partial charge on any atom is -0.454 e. The van der Waals surface area contributed by atoms with Crippen LogP contribution in [0.25, 0.3) is 5.69 Å². The van der Waals surface area contributed by atoms with Crippen LogP contribution in [0.5, 0.6) is 0 Å². The molecule has 0 spiro atoms. The molecule has 0 saturated carbocycles. The molecular weight excluding hydrogens is 461 g/mol. The third kappa shape index (κ3) is 5.15. The minimum absolute atomic E-state index is 0.0731. The number of alkyl halides is 3. The molecule has 2 aromatic carbocycles. The van der Waals surface area contributed by atoms with Gasteiger partial charge >= 0.3 is 12.1 Å². The molecule has 0 aliphatic carbocycles. The molecular formula is C22H19F3N2O5S. The van der Waals surface area contributed by atoms with Gasteiger partial charge in [0.15, 0.2) is 6.61 Å². The summed E-state index contributed by atoms with van der Waals surface area (Å²) in [5.74, 6) is -1.86. The SMILES string of the molecule is Cc1cc(C(=O)COC(=O)c2ccccc2C(F)(F)F)c(C)n1-c1ccc(S(N)(=O)=O)cc1. The van der Waals surface area contributed by atoms with Crippen molar-refractivity contribution in [3.63, 3.8) is 0 Å². The van der Waals surface area contributed by atoms with Crippen molar-refractivity contribution in [2.24, 2.45) is 5.14 Å². The first-order valence-corrected chi connectivity index (χ1v) is 11.0. The van der Waals surface area contributed by atoms with Crippen LogP contribution in [-0.2, 0) is 20.9 Å². The molecule has 0 fully saturated rings. The number of aryl methyl sites for hydroxylation is 1. The normalized spacial score (nSPS) is 11.9. The Kier molecular flexibility index (Phi) is 6.48. The lowest BCUT2D eigenvalue weighted by molar-refractivity contribution is -0.138. The van der Waals surface area contributed by atoms with Crippen LogP contribution in [0, 0.1) is 13.8 Å². The van der Waals surface area contributed by atoms with Gasteiger partial charge in [0.05, 0.1) is 16.0 Å². The Morgan fingerprint density at radius 1 is 1.00 bits per heavy atom. The van der Waals surface area contributed by atoms with Crippen molar-refractivity contribution in [1.29, 1.82) is 0 Å². The molecule has 0 saturated heterocycles. The fourth-order valence-corrected chi connectivity index (χ4v) is 3.94. The maximum atomic E-state index is 13.1. The van der Waals surface area contributed by atoms with E-state index in [0.29, 0.717) is 17.1 Å². The van der Waals surface area contributed by atoms with Crippen molar-refractivity contribution >= 4 is 21.8 Å². The Labute approximate surface area is 187 Å². The van der Waals surface area contributed by atoms with Crippen LogP contribution >= 0.6 is 0 Å². The second-order valence-corrected chi connectivity index (χ2v) is 8.76. The van der Waals surface area contributed by atoms with E-state index in [9.17, 15) is 31.2 Å². The molecule has 0 unspecified atom stereocenters. The summed E-state index contributed by atoms with van der Waals surface area (Å²) >= 11 is 0. The highest BCUT2D eigenvalue weighted by Gasteiger charge is 2.35. The Morgan fingerprint density at radius 3 is 2.18 bits per heavy atom. The third-order valence-electron chi connectivity index (χ3n) is 4.94. The zero-order valence-corrected chi connectivity index (χ0v) is 18.3. The maximum absolute atomic E-state index is 13.1. The summed E-state index contributed by atoms with van der Waals surface area (Å²) in [6.45, 7) is 2.59. The number of carbonyl (C=O) groups is 2. The van der Waals surface area contributed by atoms with Gasteiger partial charge in [-0.2, -0.15) is 13.2 Å². The van der Waals surface area contributed by atoms with Gasteiger partial charge in [-0.3, -0.25) is 4.79 Å². The number of aromatic nitrogens is 1.